The average molecular weight is 509 g/mol. The zero-order valence-corrected chi connectivity index (χ0v) is 21.1. The van der Waals surface area contributed by atoms with Gasteiger partial charge in [-0.1, -0.05) is 13.8 Å². The fourth-order valence-electron chi connectivity index (χ4n) is 3.92. The molecule has 184 valence electrons. The van der Waals surface area contributed by atoms with Crippen molar-refractivity contribution in [3.8, 4) is 11.5 Å². The molecule has 0 spiro atoms. The van der Waals surface area contributed by atoms with E-state index in [4.69, 9.17) is 15.2 Å². The molecule has 2 heterocycles. The van der Waals surface area contributed by atoms with Crippen LogP contribution in [0.2, 0.25) is 0 Å². The highest BCUT2D eigenvalue weighted by atomic mass is 32.2. The molecule has 0 unspecified atom stereocenters. The van der Waals surface area contributed by atoms with Gasteiger partial charge in [-0.15, -0.1) is 0 Å². The van der Waals surface area contributed by atoms with Crippen molar-refractivity contribution in [3.63, 3.8) is 0 Å². The van der Waals surface area contributed by atoms with E-state index in [1.165, 1.54) is 55.1 Å². The number of carbonyl (C=O) groups is 1. The van der Waals surface area contributed by atoms with E-state index in [0.29, 0.717) is 5.75 Å². The number of aromatic nitrogens is 1. The third-order valence-corrected chi connectivity index (χ3v) is 9.39. The van der Waals surface area contributed by atoms with Crippen LogP contribution in [0.5, 0.6) is 11.5 Å². The van der Waals surface area contributed by atoms with E-state index >= 15 is 0 Å². The highest BCUT2D eigenvalue weighted by molar-refractivity contribution is 7.94. The molecule has 0 aliphatic heterocycles. The second-order valence-corrected chi connectivity index (χ2v) is 11.8. The molecule has 3 aromatic rings. The predicted molar refractivity (Wildman–Crippen MR) is 129 cm³/mol. The Bertz CT molecular complexity index is 1460. The molecular weight excluding hydrogens is 480 g/mol. The lowest BCUT2D eigenvalue weighted by Crippen LogP contribution is -2.17. The number of nitrogen functional groups attached to an aromatic ring is 1. The fourth-order valence-corrected chi connectivity index (χ4v) is 7.92. The second kappa shape index (κ2) is 9.67. The summed E-state index contributed by atoms with van der Waals surface area (Å²) in [4.78, 5) is 12.9. The Kier molecular flexibility index (Phi) is 7.27. The first-order chi connectivity index (χ1) is 16.0. The molecule has 0 radical (unpaired) electrons. The Hall–Kier alpha value is -3.05. The number of sulfone groups is 2. The maximum atomic E-state index is 13.8. The summed E-state index contributed by atoms with van der Waals surface area (Å²) in [5.41, 5.74) is 6.00. The fraction of sp³-hybridized carbons (Fsp3) is 0.348. The van der Waals surface area contributed by atoms with Gasteiger partial charge in [-0.05, 0) is 43.2 Å². The maximum absolute atomic E-state index is 13.8. The quantitative estimate of drug-likeness (QED) is 0.413. The topological polar surface area (TPSA) is 134 Å². The number of ketones is 1. The Morgan fingerprint density at radius 3 is 2.06 bits per heavy atom. The number of benzene rings is 1. The minimum absolute atomic E-state index is 0.0190. The van der Waals surface area contributed by atoms with Gasteiger partial charge >= 0.3 is 0 Å². The SMILES string of the molecule is CCCS(=O)(=O)c1c(S(=O)(=O)CCC)c2c(N)cccn2c1C(=O)c1ccc(OC)c(OC)c1. The summed E-state index contributed by atoms with van der Waals surface area (Å²) in [6.07, 6.45) is 1.94. The summed E-state index contributed by atoms with van der Waals surface area (Å²) in [6.45, 7) is 3.34. The lowest BCUT2D eigenvalue weighted by atomic mass is 10.1. The van der Waals surface area contributed by atoms with Gasteiger partial charge in [0.05, 0.1) is 36.9 Å². The van der Waals surface area contributed by atoms with E-state index in [1.54, 1.807) is 13.8 Å². The molecule has 0 amide bonds. The Morgan fingerprint density at radius 2 is 1.50 bits per heavy atom. The third kappa shape index (κ3) is 4.37. The van der Waals surface area contributed by atoms with E-state index in [-0.39, 0.29) is 52.6 Å². The van der Waals surface area contributed by atoms with Gasteiger partial charge in [0.25, 0.3) is 0 Å². The van der Waals surface area contributed by atoms with Crippen LogP contribution < -0.4 is 15.2 Å². The Morgan fingerprint density at radius 1 is 0.912 bits per heavy atom. The number of fused-ring (bicyclic) bond motifs is 1. The van der Waals surface area contributed by atoms with E-state index < -0.39 is 35.2 Å². The summed E-state index contributed by atoms with van der Waals surface area (Å²) in [5, 5.41) is 0. The van der Waals surface area contributed by atoms with Crippen molar-refractivity contribution in [1.82, 2.24) is 4.40 Å². The van der Waals surface area contributed by atoms with Gasteiger partial charge in [-0.2, -0.15) is 0 Å². The third-order valence-electron chi connectivity index (χ3n) is 5.33. The second-order valence-electron chi connectivity index (χ2n) is 7.73. The first kappa shape index (κ1) is 25.6. The smallest absolute Gasteiger partial charge is 0.211 e. The van der Waals surface area contributed by atoms with E-state index in [9.17, 15) is 21.6 Å². The molecule has 34 heavy (non-hydrogen) atoms. The monoisotopic (exact) mass is 508 g/mol. The summed E-state index contributed by atoms with van der Waals surface area (Å²) >= 11 is 0. The molecule has 3 rings (SSSR count). The van der Waals surface area contributed by atoms with Crippen LogP contribution in [0.15, 0.2) is 46.3 Å². The molecule has 1 aromatic carbocycles. The van der Waals surface area contributed by atoms with E-state index in [2.05, 4.69) is 0 Å². The van der Waals surface area contributed by atoms with Crippen molar-refractivity contribution in [2.24, 2.45) is 0 Å². The van der Waals surface area contributed by atoms with Gasteiger partial charge < -0.3 is 19.6 Å². The van der Waals surface area contributed by atoms with Crippen LogP contribution in [0.1, 0.15) is 42.7 Å². The van der Waals surface area contributed by atoms with Crippen molar-refractivity contribution in [3.05, 3.63) is 47.8 Å². The van der Waals surface area contributed by atoms with Crippen LogP contribution in [-0.4, -0.2) is 52.7 Å². The number of methoxy groups -OCH3 is 2. The zero-order valence-electron chi connectivity index (χ0n) is 19.5. The number of rotatable bonds is 10. The van der Waals surface area contributed by atoms with E-state index in [1.807, 2.05) is 0 Å². The predicted octanol–water partition coefficient (Wildman–Crippen LogP) is 3.14. The lowest BCUT2D eigenvalue weighted by molar-refractivity contribution is 0.103. The standard InChI is InChI=1S/C23H28N2O7S2/c1-5-12-33(27,28)22-19-16(24)8-7-11-25(19)20(23(22)34(29,30)13-6-2)21(26)15-9-10-17(31-3)18(14-15)32-4/h7-11,14H,5-6,12-13,24H2,1-4H3. The van der Waals surface area contributed by atoms with E-state index in [0.717, 1.165) is 0 Å². The van der Waals surface area contributed by atoms with Crippen LogP contribution >= 0.6 is 0 Å². The summed E-state index contributed by atoms with van der Waals surface area (Å²) in [7, 11) is -5.40. The van der Waals surface area contributed by atoms with Gasteiger partial charge in [-0.3, -0.25) is 4.79 Å². The van der Waals surface area contributed by atoms with Crippen LogP contribution in [0.4, 0.5) is 5.69 Å². The number of nitrogens with two attached hydrogens (primary N) is 1. The summed E-state index contributed by atoms with van der Waals surface area (Å²) in [5.74, 6) is -0.655. The number of ether oxygens (including phenoxy) is 2. The molecular formula is C23H28N2O7S2. The average Bonchev–Trinajstić information content (AvgIpc) is 3.16. The van der Waals surface area contributed by atoms with Gasteiger partial charge in [0.1, 0.15) is 15.5 Å². The number of hydrogen-bond donors (Lipinski definition) is 1. The number of anilines is 1. The number of hydrogen-bond acceptors (Lipinski definition) is 8. The molecule has 0 fully saturated rings. The largest absolute Gasteiger partial charge is 0.493 e. The number of nitrogens with zero attached hydrogens (tertiary/aromatic N) is 1. The highest BCUT2D eigenvalue weighted by Crippen LogP contribution is 2.38. The molecule has 2 aromatic heterocycles. The molecule has 11 heteroatoms. The highest BCUT2D eigenvalue weighted by Gasteiger charge is 2.38. The summed E-state index contributed by atoms with van der Waals surface area (Å²) < 4.78 is 65.3. The number of carbonyl (C=O) groups excluding carboxylic acids is 1. The van der Waals surface area contributed by atoms with Crippen molar-refractivity contribution >= 4 is 36.7 Å². The lowest BCUT2D eigenvalue weighted by Gasteiger charge is -2.11. The maximum Gasteiger partial charge on any atom is 0.211 e. The molecule has 0 aliphatic carbocycles. The summed E-state index contributed by atoms with van der Waals surface area (Å²) in [6, 6.07) is 7.40. The normalized spacial score (nSPS) is 12.1. The van der Waals surface area contributed by atoms with Gasteiger partial charge in [0.15, 0.2) is 31.2 Å². The molecule has 2 N–H and O–H groups in total. The van der Waals surface area contributed by atoms with Crippen LogP contribution in [0, 0.1) is 0 Å². The first-order valence-corrected chi connectivity index (χ1v) is 14.0. The molecule has 9 nitrogen and oxygen atoms in total. The minimum Gasteiger partial charge on any atom is -0.493 e. The Balaban J connectivity index is 2.50. The van der Waals surface area contributed by atoms with Crippen molar-refractivity contribution in [2.45, 2.75) is 36.5 Å². The van der Waals surface area contributed by atoms with Gasteiger partial charge in [0, 0.05) is 11.8 Å². The van der Waals surface area contributed by atoms with Crippen LogP contribution in [0.25, 0.3) is 5.52 Å². The van der Waals surface area contributed by atoms with Crippen molar-refractivity contribution < 1.29 is 31.1 Å². The number of pyridine rings is 1. The molecule has 0 bridgehead atoms. The zero-order chi connectivity index (χ0) is 25.3. The first-order valence-electron chi connectivity index (χ1n) is 10.7. The minimum atomic E-state index is -4.17. The van der Waals surface area contributed by atoms with Gasteiger partial charge in [-0.25, -0.2) is 16.8 Å². The van der Waals surface area contributed by atoms with Crippen molar-refractivity contribution in [2.75, 3.05) is 31.5 Å². The molecule has 0 saturated carbocycles. The Labute approximate surface area is 199 Å². The van der Waals surface area contributed by atoms with Crippen LogP contribution in [0.3, 0.4) is 0 Å². The molecule has 0 saturated heterocycles. The van der Waals surface area contributed by atoms with Crippen LogP contribution in [-0.2, 0) is 19.7 Å². The van der Waals surface area contributed by atoms with Crippen molar-refractivity contribution in [1.29, 1.82) is 0 Å². The molecule has 0 aliphatic rings. The molecule has 0 atom stereocenters. The van der Waals surface area contributed by atoms with Gasteiger partial charge in [0.2, 0.25) is 5.78 Å².